The van der Waals surface area contributed by atoms with E-state index in [9.17, 15) is 105 Å². The van der Waals surface area contributed by atoms with E-state index in [2.05, 4.69) is 34.3 Å². The van der Waals surface area contributed by atoms with Gasteiger partial charge in [0, 0.05) is 10.5 Å². The van der Waals surface area contributed by atoms with Gasteiger partial charge in [-0.1, -0.05) is 60.7 Å². The number of aromatic nitrogens is 2. The van der Waals surface area contributed by atoms with E-state index in [1.165, 1.54) is 5.56 Å². The number of thiol groups is 1. The molecule has 0 saturated heterocycles. The normalized spacial score (nSPS) is 13.5. The molecule has 0 aliphatic rings. The van der Waals surface area contributed by atoms with E-state index in [0.29, 0.717) is 0 Å². The fraction of sp³-hybridized carbons (Fsp3) is 0.209. The van der Waals surface area contributed by atoms with Gasteiger partial charge in [0.15, 0.2) is 18.9 Å². The molecule has 0 atom stereocenters. The van der Waals surface area contributed by atoms with Crippen molar-refractivity contribution in [2.75, 3.05) is 0 Å². The standard InChI is InChI=1S/C32H12BF24.C11H10N2S/c34-25(35,36)13-1-14(26(37,38)39)6-21(5-13)33(22-7-15(27(40,41)42)2-16(8-22)28(43,44)45,23-9-17(29(46,47)48)3-18(10-23)30(49,50)51)24-11-19(31(52,53)54)4-20(12-24)32(55,56)57;14-11-3-1-10(2-4-11)9-13-7-5-12-6-8-13/h1-12H;1-8H,9H2/q-1;/p+1. The molecule has 0 spiro atoms. The van der Waals surface area contributed by atoms with E-state index in [0.717, 1.165) is 11.4 Å². The SMILES string of the molecule is FC(F)(F)c1cc([B-](c2cc(C(F)(F)F)cc(C(F)(F)F)c2)(c2cc(C(F)(F)F)cc(C(F)(F)F)c2)c2cc(C(F)(F)F)cc(C(F)(F)F)c2)cc(C(F)(F)F)c1.Sc1ccc(C[n+]2ccncc2)cc1. The minimum absolute atomic E-state index is 0.691. The first-order valence-electron chi connectivity index (χ1n) is 19.0. The molecule has 1 heterocycles. The Labute approximate surface area is 387 Å². The summed E-state index contributed by atoms with van der Waals surface area (Å²) in [6, 6.07) is -0.652. The molecule has 0 saturated carbocycles. The van der Waals surface area contributed by atoms with Crippen molar-refractivity contribution < 1.29 is 110 Å². The van der Waals surface area contributed by atoms with Crippen molar-refractivity contribution >= 4 is 40.6 Å². The summed E-state index contributed by atoms with van der Waals surface area (Å²) in [5.74, 6) is 0. The minimum Gasteiger partial charge on any atom is -0.252 e. The largest absolute Gasteiger partial charge is 0.416 e. The van der Waals surface area contributed by atoms with E-state index in [-0.39, 0.29) is 0 Å². The fourth-order valence-electron chi connectivity index (χ4n) is 7.34. The molecule has 0 fully saturated rings. The molecule has 0 radical (unpaired) electrons. The third-order valence-corrected chi connectivity index (χ3v) is 10.7. The number of nitrogens with zero attached hydrogens (tertiary/aromatic N) is 2. The quantitative estimate of drug-likeness (QED) is 0.0761. The second-order valence-corrected chi connectivity index (χ2v) is 15.8. The van der Waals surface area contributed by atoms with Crippen molar-refractivity contribution in [3.63, 3.8) is 0 Å². The van der Waals surface area contributed by atoms with Gasteiger partial charge in [-0.2, -0.15) is 132 Å². The van der Waals surface area contributed by atoms with Gasteiger partial charge in [-0.25, -0.2) is 0 Å². The Morgan fingerprint density at radius 2 is 0.549 bits per heavy atom. The van der Waals surface area contributed by atoms with Crippen molar-refractivity contribution in [1.29, 1.82) is 0 Å². The highest BCUT2D eigenvalue weighted by Crippen LogP contribution is 2.41. The number of benzene rings is 5. The molecule has 28 heteroatoms. The minimum atomic E-state index is -6.13. The summed E-state index contributed by atoms with van der Waals surface area (Å²) in [5, 5.41) is 0. The first kappa shape index (κ1) is 55.8. The highest BCUT2D eigenvalue weighted by atomic mass is 32.1. The molecule has 382 valence electrons. The second-order valence-electron chi connectivity index (χ2n) is 15.3. The first-order chi connectivity index (χ1) is 32.1. The number of alkyl halides is 24. The number of rotatable bonds is 6. The summed E-state index contributed by atoms with van der Waals surface area (Å²) < 4.78 is 343. The van der Waals surface area contributed by atoms with E-state index in [1.807, 2.05) is 24.5 Å². The van der Waals surface area contributed by atoms with Crippen molar-refractivity contribution in [3.05, 3.63) is 172 Å². The van der Waals surface area contributed by atoms with Gasteiger partial charge >= 0.3 is 49.4 Å². The molecule has 0 N–H and O–H groups in total. The molecular weight excluding hydrogens is 1040 g/mol. The molecule has 0 aliphatic heterocycles. The first-order valence-corrected chi connectivity index (χ1v) is 19.5. The van der Waals surface area contributed by atoms with Gasteiger partial charge in [-0.3, -0.25) is 4.98 Å². The van der Waals surface area contributed by atoms with E-state index < -0.39 is 195 Å². The predicted molar refractivity (Wildman–Crippen MR) is 207 cm³/mol. The monoisotopic (exact) mass is 1070 g/mol. The van der Waals surface area contributed by atoms with E-state index in [1.54, 1.807) is 12.4 Å². The van der Waals surface area contributed by atoms with Crippen LogP contribution >= 0.6 is 12.6 Å². The molecule has 0 bridgehead atoms. The van der Waals surface area contributed by atoms with Crippen LogP contribution in [0.5, 0.6) is 0 Å². The van der Waals surface area contributed by atoms with Crippen LogP contribution in [0.2, 0.25) is 0 Å². The molecule has 6 rings (SSSR count). The van der Waals surface area contributed by atoms with Gasteiger partial charge in [-0.15, -0.1) is 12.6 Å². The molecule has 71 heavy (non-hydrogen) atoms. The Bertz CT molecular complexity index is 2400. The molecule has 2 nitrogen and oxygen atoms in total. The summed E-state index contributed by atoms with van der Waals surface area (Å²) in [5.41, 5.74) is -28.9. The molecule has 0 aliphatic carbocycles. The van der Waals surface area contributed by atoms with Gasteiger partial charge < -0.3 is 0 Å². The Balaban J connectivity index is 0.000000569. The van der Waals surface area contributed by atoms with Crippen molar-refractivity contribution in [3.8, 4) is 0 Å². The molecule has 0 unspecified atom stereocenters. The van der Waals surface area contributed by atoms with Gasteiger partial charge in [0.2, 0.25) is 0 Å². The molecule has 0 amide bonds. The van der Waals surface area contributed by atoms with Crippen molar-refractivity contribution in [1.82, 2.24) is 4.98 Å². The van der Waals surface area contributed by atoms with Crippen LogP contribution in [0.3, 0.4) is 0 Å². The summed E-state index contributed by atoms with van der Waals surface area (Å²) in [6.45, 7) is 0.872. The van der Waals surface area contributed by atoms with Gasteiger partial charge in [0.05, 0.1) is 56.9 Å². The smallest absolute Gasteiger partial charge is 0.252 e. The Kier molecular flexibility index (Phi) is 15.1. The average Bonchev–Trinajstić information content (AvgIpc) is 3.22. The second kappa shape index (κ2) is 19.2. The summed E-state index contributed by atoms with van der Waals surface area (Å²) >= 11 is 4.24. The molecule has 6 aromatic rings. The summed E-state index contributed by atoms with van der Waals surface area (Å²) in [6.07, 6.45) is -47.3. The zero-order valence-electron chi connectivity index (χ0n) is 34.2. The summed E-state index contributed by atoms with van der Waals surface area (Å²) in [4.78, 5) is 4.96. The maximum atomic E-state index is 14.2. The Morgan fingerprint density at radius 1 is 0.338 bits per heavy atom. The lowest BCUT2D eigenvalue weighted by Crippen LogP contribution is -2.75. The van der Waals surface area contributed by atoms with Crippen molar-refractivity contribution in [2.45, 2.75) is 60.9 Å². The molecular formula is C43H23BF24N2S. The van der Waals surface area contributed by atoms with Crippen LogP contribution < -0.4 is 26.4 Å². The van der Waals surface area contributed by atoms with Crippen LogP contribution in [0.1, 0.15) is 50.1 Å². The fourth-order valence-corrected chi connectivity index (χ4v) is 7.48. The maximum Gasteiger partial charge on any atom is 0.416 e. The van der Waals surface area contributed by atoms with Crippen LogP contribution in [0.25, 0.3) is 0 Å². The van der Waals surface area contributed by atoms with Gasteiger partial charge in [0.25, 0.3) is 0 Å². The highest BCUT2D eigenvalue weighted by molar-refractivity contribution is 7.80. The number of hydrogen-bond donors (Lipinski definition) is 1. The van der Waals surface area contributed by atoms with E-state index in [4.69, 9.17) is 0 Å². The van der Waals surface area contributed by atoms with Crippen LogP contribution in [0.4, 0.5) is 105 Å². The lowest BCUT2D eigenvalue weighted by molar-refractivity contribution is -0.688. The number of hydrogen-bond acceptors (Lipinski definition) is 2. The van der Waals surface area contributed by atoms with Crippen molar-refractivity contribution in [2.24, 2.45) is 0 Å². The third kappa shape index (κ3) is 13.3. The zero-order valence-corrected chi connectivity index (χ0v) is 35.1. The topological polar surface area (TPSA) is 16.8 Å². The summed E-state index contributed by atoms with van der Waals surface area (Å²) in [7, 11) is 0. The average molecular weight is 1070 g/mol. The molecule has 5 aromatic carbocycles. The van der Waals surface area contributed by atoms with Crippen LogP contribution in [-0.4, -0.2) is 11.1 Å². The van der Waals surface area contributed by atoms with Crippen LogP contribution in [0, 0.1) is 0 Å². The highest BCUT2D eigenvalue weighted by Gasteiger charge is 2.47. The van der Waals surface area contributed by atoms with Crippen LogP contribution in [0.15, 0.2) is 127 Å². The zero-order chi connectivity index (χ0) is 53.7. The van der Waals surface area contributed by atoms with Gasteiger partial charge in [-0.05, 0) is 36.4 Å². The third-order valence-electron chi connectivity index (χ3n) is 10.4. The Hall–Kier alpha value is -6.09. The van der Waals surface area contributed by atoms with Gasteiger partial charge in [0.1, 0.15) is 6.15 Å². The predicted octanol–water partition coefficient (Wildman–Crippen LogP) is 12.9. The molecule has 1 aromatic heterocycles. The maximum absolute atomic E-state index is 14.2. The lowest BCUT2D eigenvalue weighted by atomic mass is 9.12. The van der Waals surface area contributed by atoms with Crippen LogP contribution in [-0.2, 0) is 56.0 Å². The number of halogens is 24. The Morgan fingerprint density at radius 3 is 0.746 bits per heavy atom. The lowest BCUT2D eigenvalue weighted by Gasteiger charge is -2.46. The van der Waals surface area contributed by atoms with E-state index >= 15 is 0 Å².